The molecule has 0 aliphatic rings. The lowest BCUT2D eigenvalue weighted by atomic mass is 9.83. The summed E-state index contributed by atoms with van der Waals surface area (Å²) in [5.74, 6) is -0.495. The van der Waals surface area contributed by atoms with E-state index in [0.29, 0.717) is 11.3 Å². The number of carboxylic acids is 1. The standard InChI is InChI=1S/C14H19BrO4/c1-7-9(6-14(3,4)13(17)18)11(16)12(19-5)8(2)10(7)15/h16H,6H2,1-5H3,(H,17,18). The minimum Gasteiger partial charge on any atom is -0.504 e. The van der Waals surface area contributed by atoms with Gasteiger partial charge in [0.2, 0.25) is 0 Å². The van der Waals surface area contributed by atoms with E-state index in [9.17, 15) is 15.0 Å². The molecule has 0 radical (unpaired) electrons. The van der Waals surface area contributed by atoms with Gasteiger partial charge in [-0.05, 0) is 39.7 Å². The molecule has 0 amide bonds. The number of carboxylic acid groups (broad SMARTS) is 1. The van der Waals surface area contributed by atoms with E-state index in [-0.39, 0.29) is 12.2 Å². The second kappa shape index (κ2) is 5.41. The Morgan fingerprint density at radius 2 is 1.84 bits per heavy atom. The summed E-state index contributed by atoms with van der Waals surface area (Å²) in [6.07, 6.45) is 0.231. The highest BCUT2D eigenvalue weighted by atomic mass is 79.9. The quantitative estimate of drug-likeness (QED) is 0.887. The average Bonchev–Trinajstić information content (AvgIpc) is 2.33. The Kier molecular flexibility index (Phi) is 4.50. The molecule has 1 rings (SSSR count). The number of phenolic OH excluding ortho intramolecular Hbond substituents is 1. The molecule has 0 heterocycles. The molecule has 0 spiro atoms. The van der Waals surface area contributed by atoms with Gasteiger partial charge in [0.25, 0.3) is 0 Å². The van der Waals surface area contributed by atoms with Gasteiger partial charge in [-0.3, -0.25) is 4.79 Å². The third kappa shape index (κ3) is 2.86. The summed E-state index contributed by atoms with van der Waals surface area (Å²) < 4.78 is 6.03. The first-order valence-corrected chi connectivity index (χ1v) is 6.70. The van der Waals surface area contributed by atoms with E-state index in [1.807, 2.05) is 13.8 Å². The summed E-state index contributed by atoms with van der Waals surface area (Å²) in [4.78, 5) is 11.2. The van der Waals surface area contributed by atoms with Crippen molar-refractivity contribution in [3.8, 4) is 11.5 Å². The van der Waals surface area contributed by atoms with Crippen LogP contribution in [0.5, 0.6) is 11.5 Å². The number of benzene rings is 1. The zero-order valence-electron chi connectivity index (χ0n) is 11.8. The van der Waals surface area contributed by atoms with Gasteiger partial charge in [-0.1, -0.05) is 15.9 Å². The number of ether oxygens (including phenoxy) is 1. The summed E-state index contributed by atoms with van der Waals surface area (Å²) in [7, 11) is 1.48. The van der Waals surface area contributed by atoms with Crippen LogP contribution in [0.25, 0.3) is 0 Å². The second-order valence-electron chi connectivity index (χ2n) is 5.29. The van der Waals surface area contributed by atoms with Gasteiger partial charge in [0.05, 0.1) is 12.5 Å². The lowest BCUT2D eigenvalue weighted by Gasteiger charge is -2.23. The van der Waals surface area contributed by atoms with Crippen LogP contribution in [-0.2, 0) is 11.2 Å². The molecule has 0 saturated heterocycles. The van der Waals surface area contributed by atoms with Crippen molar-refractivity contribution in [3.63, 3.8) is 0 Å². The molecule has 0 unspecified atom stereocenters. The number of hydrogen-bond acceptors (Lipinski definition) is 3. The number of aliphatic carboxylic acids is 1. The van der Waals surface area contributed by atoms with Crippen LogP contribution in [0.1, 0.15) is 30.5 Å². The number of methoxy groups -OCH3 is 1. The number of carbonyl (C=O) groups is 1. The van der Waals surface area contributed by atoms with Crippen molar-refractivity contribution in [2.45, 2.75) is 34.1 Å². The monoisotopic (exact) mass is 330 g/mol. The normalized spacial score (nSPS) is 11.5. The van der Waals surface area contributed by atoms with Crippen molar-refractivity contribution in [2.24, 2.45) is 5.41 Å². The Bertz CT molecular complexity index is 521. The Labute approximate surface area is 121 Å². The number of hydrogen-bond donors (Lipinski definition) is 2. The first-order valence-electron chi connectivity index (χ1n) is 5.91. The zero-order chi connectivity index (χ0) is 15.0. The summed E-state index contributed by atoms with van der Waals surface area (Å²) in [6.45, 7) is 6.95. The molecule has 0 atom stereocenters. The molecule has 0 fully saturated rings. The zero-order valence-corrected chi connectivity index (χ0v) is 13.4. The molecule has 1 aromatic carbocycles. The van der Waals surface area contributed by atoms with Crippen LogP contribution < -0.4 is 4.74 Å². The smallest absolute Gasteiger partial charge is 0.309 e. The molecule has 0 aliphatic heterocycles. The Balaban J connectivity index is 3.45. The largest absolute Gasteiger partial charge is 0.504 e. The highest BCUT2D eigenvalue weighted by Crippen LogP contribution is 2.43. The Morgan fingerprint density at radius 3 is 2.26 bits per heavy atom. The minimum absolute atomic E-state index is 0.0232. The average molecular weight is 331 g/mol. The maximum Gasteiger partial charge on any atom is 0.309 e. The predicted molar refractivity (Wildman–Crippen MR) is 77.0 cm³/mol. The molecule has 0 bridgehead atoms. The third-order valence-electron chi connectivity index (χ3n) is 3.35. The van der Waals surface area contributed by atoms with E-state index < -0.39 is 11.4 Å². The van der Waals surface area contributed by atoms with E-state index in [2.05, 4.69) is 15.9 Å². The molecule has 0 aliphatic carbocycles. The van der Waals surface area contributed by atoms with Crippen LogP contribution in [0.2, 0.25) is 0 Å². The highest BCUT2D eigenvalue weighted by molar-refractivity contribution is 9.10. The predicted octanol–water partition coefficient (Wildman–Crippen LogP) is 3.43. The van der Waals surface area contributed by atoms with E-state index in [0.717, 1.165) is 15.6 Å². The number of aromatic hydroxyl groups is 1. The van der Waals surface area contributed by atoms with E-state index in [1.54, 1.807) is 13.8 Å². The van der Waals surface area contributed by atoms with Crippen molar-refractivity contribution in [3.05, 3.63) is 21.2 Å². The fourth-order valence-electron chi connectivity index (χ4n) is 1.99. The number of phenols is 1. The fourth-order valence-corrected chi connectivity index (χ4v) is 2.41. The van der Waals surface area contributed by atoms with Gasteiger partial charge in [-0.15, -0.1) is 0 Å². The molecule has 5 heteroatoms. The van der Waals surface area contributed by atoms with Crippen LogP contribution in [0.3, 0.4) is 0 Å². The highest BCUT2D eigenvalue weighted by Gasteiger charge is 2.31. The number of rotatable bonds is 4. The van der Waals surface area contributed by atoms with Gasteiger partial charge in [0.1, 0.15) is 0 Å². The van der Waals surface area contributed by atoms with Crippen LogP contribution in [0.15, 0.2) is 4.47 Å². The molecule has 19 heavy (non-hydrogen) atoms. The van der Waals surface area contributed by atoms with Gasteiger partial charge in [0, 0.05) is 15.6 Å². The van der Waals surface area contributed by atoms with Crippen LogP contribution >= 0.6 is 15.9 Å². The summed E-state index contributed by atoms with van der Waals surface area (Å²) in [6, 6.07) is 0. The van der Waals surface area contributed by atoms with Crippen molar-refractivity contribution in [2.75, 3.05) is 7.11 Å². The van der Waals surface area contributed by atoms with Crippen molar-refractivity contribution < 1.29 is 19.7 Å². The molecule has 0 saturated carbocycles. The van der Waals surface area contributed by atoms with Gasteiger partial charge >= 0.3 is 5.97 Å². The van der Waals surface area contributed by atoms with Gasteiger partial charge in [0.15, 0.2) is 11.5 Å². The van der Waals surface area contributed by atoms with Gasteiger partial charge in [-0.2, -0.15) is 0 Å². The van der Waals surface area contributed by atoms with Crippen molar-refractivity contribution in [1.82, 2.24) is 0 Å². The first-order chi connectivity index (χ1) is 8.63. The molecule has 0 aromatic heterocycles. The second-order valence-corrected chi connectivity index (χ2v) is 6.08. The van der Waals surface area contributed by atoms with Crippen molar-refractivity contribution in [1.29, 1.82) is 0 Å². The Morgan fingerprint density at radius 1 is 1.32 bits per heavy atom. The Hall–Kier alpha value is -1.23. The van der Waals surface area contributed by atoms with Crippen LogP contribution in [0, 0.1) is 19.3 Å². The lowest BCUT2D eigenvalue weighted by molar-refractivity contribution is -0.146. The fraction of sp³-hybridized carbons (Fsp3) is 0.500. The maximum atomic E-state index is 11.2. The van der Waals surface area contributed by atoms with Gasteiger partial charge in [-0.25, -0.2) is 0 Å². The number of halogens is 1. The van der Waals surface area contributed by atoms with Crippen LogP contribution in [0.4, 0.5) is 0 Å². The molecule has 4 nitrogen and oxygen atoms in total. The van der Waals surface area contributed by atoms with Gasteiger partial charge < -0.3 is 14.9 Å². The maximum absolute atomic E-state index is 11.2. The first kappa shape index (κ1) is 15.8. The molecular formula is C14H19BrO4. The third-order valence-corrected chi connectivity index (χ3v) is 4.54. The summed E-state index contributed by atoms with van der Waals surface area (Å²) in [5, 5.41) is 19.5. The minimum atomic E-state index is -0.956. The van der Waals surface area contributed by atoms with Crippen LogP contribution in [-0.4, -0.2) is 23.3 Å². The SMILES string of the molecule is COc1c(C)c(Br)c(C)c(CC(C)(C)C(=O)O)c1O. The topological polar surface area (TPSA) is 66.8 Å². The van der Waals surface area contributed by atoms with E-state index in [1.165, 1.54) is 7.11 Å². The summed E-state index contributed by atoms with van der Waals surface area (Å²) >= 11 is 3.46. The van der Waals surface area contributed by atoms with E-state index >= 15 is 0 Å². The van der Waals surface area contributed by atoms with E-state index in [4.69, 9.17) is 4.74 Å². The molecule has 106 valence electrons. The lowest BCUT2D eigenvalue weighted by Crippen LogP contribution is -2.26. The molecule has 1 aromatic rings. The molecular weight excluding hydrogens is 312 g/mol. The molecule has 2 N–H and O–H groups in total. The van der Waals surface area contributed by atoms with Crippen molar-refractivity contribution >= 4 is 21.9 Å². The summed E-state index contributed by atoms with van der Waals surface area (Å²) in [5.41, 5.74) is 1.28.